The highest BCUT2D eigenvalue weighted by Gasteiger charge is 2.13. The molecule has 0 bridgehead atoms. The molecule has 0 aliphatic carbocycles. The second kappa shape index (κ2) is 10.7. The Labute approximate surface area is 185 Å². The van der Waals surface area contributed by atoms with E-state index in [1.165, 1.54) is 6.08 Å². The van der Waals surface area contributed by atoms with Crippen molar-refractivity contribution in [3.8, 4) is 23.6 Å². The molecule has 6 nitrogen and oxygen atoms in total. The summed E-state index contributed by atoms with van der Waals surface area (Å²) in [5.41, 5.74) is 1.14. The minimum Gasteiger partial charge on any atom is -0.494 e. The van der Waals surface area contributed by atoms with Crippen molar-refractivity contribution < 1.29 is 14.3 Å². The first-order valence-electron chi connectivity index (χ1n) is 8.13. The number of anilines is 1. The van der Waals surface area contributed by atoms with E-state index in [4.69, 9.17) is 14.7 Å². The number of nitrogens with one attached hydrogen (secondary N) is 1. The van der Waals surface area contributed by atoms with Crippen molar-refractivity contribution in [2.75, 3.05) is 18.5 Å². The Morgan fingerprint density at radius 2 is 2.07 bits per heavy atom. The SMILES string of the molecule is CCOc1cccc(NC(=O)/C(C#N)=C\c2cc(Br)c(OCC#N)c(I)c2)c1. The van der Waals surface area contributed by atoms with Gasteiger partial charge in [0.25, 0.3) is 5.91 Å². The van der Waals surface area contributed by atoms with Crippen LogP contribution in [0.5, 0.6) is 11.5 Å². The maximum atomic E-state index is 12.5. The molecule has 0 unspecified atom stereocenters. The first-order valence-corrected chi connectivity index (χ1v) is 10.0. The smallest absolute Gasteiger partial charge is 0.266 e. The Morgan fingerprint density at radius 1 is 1.29 bits per heavy atom. The van der Waals surface area contributed by atoms with Crippen LogP contribution in [0.2, 0.25) is 0 Å². The van der Waals surface area contributed by atoms with Gasteiger partial charge in [-0.25, -0.2) is 0 Å². The third-order valence-corrected chi connectivity index (χ3v) is 4.77. The third kappa shape index (κ3) is 5.98. The zero-order valence-electron chi connectivity index (χ0n) is 14.8. The number of nitrogens with zero attached hydrogens (tertiary/aromatic N) is 2. The molecule has 0 saturated heterocycles. The lowest BCUT2D eigenvalue weighted by Crippen LogP contribution is -2.13. The number of carbonyl (C=O) groups excluding carboxylic acids is 1. The summed E-state index contributed by atoms with van der Waals surface area (Å²) in [6.07, 6.45) is 1.49. The molecule has 0 aliphatic rings. The van der Waals surface area contributed by atoms with Crippen LogP contribution in [0, 0.1) is 26.2 Å². The number of halogens is 2. The molecular formula is C20H15BrIN3O3. The van der Waals surface area contributed by atoms with Gasteiger partial charge < -0.3 is 14.8 Å². The molecule has 0 heterocycles. The number of nitriles is 2. The highest BCUT2D eigenvalue weighted by molar-refractivity contribution is 14.1. The van der Waals surface area contributed by atoms with Crippen molar-refractivity contribution in [3.63, 3.8) is 0 Å². The Hall–Kier alpha value is -2.56. The van der Waals surface area contributed by atoms with E-state index in [1.807, 2.05) is 19.1 Å². The summed E-state index contributed by atoms with van der Waals surface area (Å²) in [5.74, 6) is 0.649. The topological polar surface area (TPSA) is 95.1 Å². The van der Waals surface area contributed by atoms with Gasteiger partial charge in [-0.2, -0.15) is 10.5 Å². The summed E-state index contributed by atoms with van der Waals surface area (Å²) in [6.45, 7) is 2.32. The molecular weight excluding hydrogens is 537 g/mol. The number of ether oxygens (including phenoxy) is 2. The Kier molecular flexibility index (Phi) is 8.30. The van der Waals surface area contributed by atoms with Crippen LogP contribution in [-0.2, 0) is 4.79 Å². The van der Waals surface area contributed by atoms with Gasteiger partial charge in [0.15, 0.2) is 6.61 Å². The third-order valence-electron chi connectivity index (χ3n) is 3.38. The maximum Gasteiger partial charge on any atom is 0.266 e. The summed E-state index contributed by atoms with van der Waals surface area (Å²) >= 11 is 5.45. The van der Waals surface area contributed by atoms with Crippen LogP contribution in [0.15, 0.2) is 46.4 Å². The van der Waals surface area contributed by atoms with Gasteiger partial charge in [0.2, 0.25) is 0 Å². The van der Waals surface area contributed by atoms with E-state index in [9.17, 15) is 10.1 Å². The number of hydrogen-bond acceptors (Lipinski definition) is 5. The van der Waals surface area contributed by atoms with E-state index < -0.39 is 5.91 Å². The van der Waals surface area contributed by atoms with Gasteiger partial charge in [-0.05, 0) is 81.3 Å². The van der Waals surface area contributed by atoms with Crippen molar-refractivity contribution in [3.05, 3.63) is 55.6 Å². The summed E-state index contributed by atoms with van der Waals surface area (Å²) in [6, 6.07) is 14.3. The molecule has 142 valence electrons. The number of amides is 1. The maximum absolute atomic E-state index is 12.5. The van der Waals surface area contributed by atoms with Crippen molar-refractivity contribution in [1.29, 1.82) is 10.5 Å². The van der Waals surface area contributed by atoms with Crippen LogP contribution >= 0.6 is 38.5 Å². The summed E-state index contributed by atoms with van der Waals surface area (Å²) < 4.78 is 12.1. The quantitative estimate of drug-likeness (QED) is 0.300. The molecule has 0 atom stereocenters. The molecule has 2 aromatic carbocycles. The standard InChI is InChI=1S/C20H15BrIN3O3/c1-2-27-16-5-3-4-15(11-16)25-20(26)14(12-24)8-13-9-17(21)19(18(22)10-13)28-7-6-23/h3-5,8-11H,2,7H2,1H3,(H,25,26)/b14-8-. The largest absolute Gasteiger partial charge is 0.494 e. The van der Waals surface area contributed by atoms with E-state index in [0.29, 0.717) is 33.8 Å². The van der Waals surface area contributed by atoms with Crippen LogP contribution < -0.4 is 14.8 Å². The molecule has 0 fully saturated rings. The van der Waals surface area contributed by atoms with Crippen molar-refractivity contribution in [2.45, 2.75) is 6.92 Å². The van der Waals surface area contributed by atoms with Gasteiger partial charge in [0.1, 0.15) is 29.2 Å². The first-order chi connectivity index (χ1) is 13.5. The fourth-order valence-corrected chi connectivity index (χ4v) is 4.02. The summed E-state index contributed by atoms with van der Waals surface area (Å²) in [5, 5.41) is 20.8. The van der Waals surface area contributed by atoms with Gasteiger partial charge in [-0.3, -0.25) is 4.79 Å². The summed E-state index contributed by atoms with van der Waals surface area (Å²) in [4.78, 5) is 12.5. The van der Waals surface area contributed by atoms with Crippen LogP contribution in [0.3, 0.4) is 0 Å². The highest BCUT2D eigenvalue weighted by atomic mass is 127. The molecule has 0 radical (unpaired) electrons. The van der Waals surface area contributed by atoms with E-state index in [0.717, 1.165) is 3.57 Å². The van der Waals surface area contributed by atoms with Gasteiger partial charge >= 0.3 is 0 Å². The second-order valence-electron chi connectivity index (χ2n) is 5.35. The molecule has 2 rings (SSSR count). The molecule has 0 saturated carbocycles. The molecule has 0 spiro atoms. The van der Waals surface area contributed by atoms with Gasteiger partial charge in [-0.15, -0.1) is 0 Å². The van der Waals surface area contributed by atoms with Crippen molar-refractivity contribution in [2.24, 2.45) is 0 Å². The average Bonchev–Trinajstić information content (AvgIpc) is 2.66. The highest BCUT2D eigenvalue weighted by Crippen LogP contribution is 2.32. The number of hydrogen-bond donors (Lipinski definition) is 1. The predicted molar refractivity (Wildman–Crippen MR) is 118 cm³/mol. The normalized spacial score (nSPS) is 10.5. The Balaban J connectivity index is 2.23. The molecule has 0 aliphatic heterocycles. The number of benzene rings is 2. The first kappa shape index (κ1) is 21.7. The summed E-state index contributed by atoms with van der Waals surface area (Å²) in [7, 11) is 0. The molecule has 1 N–H and O–H groups in total. The van der Waals surface area contributed by atoms with E-state index in [-0.39, 0.29) is 12.2 Å². The lowest BCUT2D eigenvalue weighted by Gasteiger charge is -2.09. The molecule has 8 heteroatoms. The van der Waals surface area contributed by atoms with Crippen LogP contribution in [-0.4, -0.2) is 19.1 Å². The minimum absolute atomic E-state index is 0.0461. The molecule has 2 aromatic rings. The fraction of sp³-hybridized carbons (Fsp3) is 0.150. The average molecular weight is 552 g/mol. The monoisotopic (exact) mass is 551 g/mol. The Bertz CT molecular complexity index is 970. The van der Waals surface area contributed by atoms with E-state index >= 15 is 0 Å². The second-order valence-corrected chi connectivity index (χ2v) is 7.36. The Morgan fingerprint density at radius 3 is 2.71 bits per heavy atom. The van der Waals surface area contributed by atoms with Crippen LogP contribution in [0.1, 0.15) is 12.5 Å². The van der Waals surface area contributed by atoms with Crippen molar-refractivity contribution >= 4 is 56.2 Å². The lowest BCUT2D eigenvalue weighted by molar-refractivity contribution is -0.112. The van der Waals surface area contributed by atoms with Gasteiger partial charge in [0.05, 0.1) is 14.6 Å². The van der Waals surface area contributed by atoms with E-state index in [2.05, 4.69) is 43.8 Å². The molecule has 1 amide bonds. The minimum atomic E-state index is -0.521. The zero-order valence-corrected chi connectivity index (χ0v) is 18.6. The van der Waals surface area contributed by atoms with Gasteiger partial charge in [0, 0.05) is 11.8 Å². The van der Waals surface area contributed by atoms with E-state index in [1.54, 1.807) is 36.4 Å². The van der Waals surface area contributed by atoms with Gasteiger partial charge in [-0.1, -0.05) is 6.07 Å². The van der Waals surface area contributed by atoms with Crippen LogP contribution in [0.25, 0.3) is 6.08 Å². The molecule has 28 heavy (non-hydrogen) atoms. The predicted octanol–water partition coefficient (Wildman–Crippen LogP) is 4.90. The fourth-order valence-electron chi connectivity index (χ4n) is 2.25. The van der Waals surface area contributed by atoms with Crippen LogP contribution in [0.4, 0.5) is 5.69 Å². The zero-order chi connectivity index (χ0) is 20.5. The number of carbonyl (C=O) groups is 1. The number of rotatable bonds is 7. The van der Waals surface area contributed by atoms with Crippen molar-refractivity contribution in [1.82, 2.24) is 0 Å². The lowest BCUT2D eigenvalue weighted by atomic mass is 10.1. The molecule has 0 aromatic heterocycles.